The molecule has 1 saturated heterocycles. The fourth-order valence-electron chi connectivity index (χ4n) is 2.18. The van der Waals surface area contributed by atoms with Gasteiger partial charge in [0.15, 0.2) is 11.5 Å². The summed E-state index contributed by atoms with van der Waals surface area (Å²) in [6.45, 7) is 4.38. The van der Waals surface area contributed by atoms with Crippen molar-refractivity contribution in [2.24, 2.45) is 5.10 Å². The fourth-order valence-corrected chi connectivity index (χ4v) is 2.18. The lowest BCUT2D eigenvalue weighted by Crippen LogP contribution is -2.42. The van der Waals surface area contributed by atoms with E-state index >= 15 is 0 Å². The highest BCUT2D eigenvalue weighted by molar-refractivity contribution is 5.84. The predicted molar refractivity (Wildman–Crippen MR) is 87.3 cm³/mol. The molecule has 1 heterocycles. The van der Waals surface area contributed by atoms with E-state index in [0.29, 0.717) is 30.3 Å². The molecule has 1 N–H and O–H groups in total. The summed E-state index contributed by atoms with van der Waals surface area (Å²) in [4.78, 5) is 24.8. The van der Waals surface area contributed by atoms with Crippen molar-refractivity contribution in [1.82, 2.24) is 10.3 Å². The summed E-state index contributed by atoms with van der Waals surface area (Å²) in [5.74, 6) is 0.133. The van der Waals surface area contributed by atoms with Crippen LogP contribution < -0.4 is 14.9 Å². The summed E-state index contributed by atoms with van der Waals surface area (Å²) in [6, 6.07) is 4.98. The molecular formula is C16H21N3O5. The molecule has 0 radical (unpaired) electrons. The molecule has 0 atom stereocenters. The molecule has 1 aliphatic rings. The molecule has 0 spiro atoms. The molecule has 1 amide bonds. The van der Waals surface area contributed by atoms with Gasteiger partial charge in [-0.3, -0.25) is 14.5 Å². The van der Waals surface area contributed by atoms with Gasteiger partial charge in [0.25, 0.3) is 5.91 Å². The molecule has 0 saturated carbocycles. The molecule has 1 aromatic carbocycles. The number of carbonyl (C=O) groups excluding carboxylic acids is 2. The summed E-state index contributed by atoms with van der Waals surface area (Å²) in [5, 5.41) is 3.93. The van der Waals surface area contributed by atoms with Gasteiger partial charge in [-0.1, -0.05) is 0 Å². The number of hydrogen-bond donors (Lipinski definition) is 1. The van der Waals surface area contributed by atoms with Crippen LogP contribution in [-0.4, -0.2) is 62.9 Å². The molecule has 8 nitrogen and oxygen atoms in total. The minimum atomic E-state index is -0.426. The second kappa shape index (κ2) is 8.99. The maximum absolute atomic E-state index is 11.8. The van der Waals surface area contributed by atoms with Crippen LogP contribution in [0.2, 0.25) is 0 Å². The van der Waals surface area contributed by atoms with E-state index in [9.17, 15) is 9.59 Å². The highest BCUT2D eigenvalue weighted by Gasteiger charge is 2.13. The molecule has 8 heteroatoms. The number of hydrogen-bond acceptors (Lipinski definition) is 7. The van der Waals surface area contributed by atoms with Crippen molar-refractivity contribution < 1.29 is 23.8 Å². The number of morpholine rings is 1. The standard InChI is InChI=1S/C16H21N3O5/c1-12(20)24-14-4-3-13(9-15(14)22-2)10-17-18-16(21)11-19-5-7-23-8-6-19/h3-4,9-10H,5-8,11H2,1-2H3,(H,18,21)/b17-10-. The Bertz CT molecular complexity index is 612. The number of nitrogens with one attached hydrogen (secondary N) is 1. The quantitative estimate of drug-likeness (QED) is 0.350. The normalized spacial score (nSPS) is 15.2. The van der Waals surface area contributed by atoms with Crippen molar-refractivity contribution in [1.29, 1.82) is 0 Å². The van der Waals surface area contributed by atoms with E-state index < -0.39 is 5.97 Å². The number of amides is 1. The van der Waals surface area contributed by atoms with E-state index in [1.165, 1.54) is 20.2 Å². The molecule has 1 aliphatic heterocycles. The Kier molecular flexibility index (Phi) is 6.71. The Labute approximate surface area is 140 Å². The highest BCUT2D eigenvalue weighted by Crippen LogP contribution is 2.27. The summed E-state index contributed by atoms with van der Waals surface area (Å²) in [7, 11) is 1.48. The third kappa shape index (κ3) is 5.64. The molecule has 0 bridgehead atoms. The second-order valence-corrected chi connectivity index (χ2v) is 5.19. The van der Waals surface area contributed by atoms with Gasteiger partial charge >= 0.3 is 5.97 Å². The van der Waals surface area contributed by atoms with E-state index in [4.69, 9.17) is 14.2 Å². The van der Waals surface area contributed by atoms with Crippen LogP contribution in [0, 0.1) is 0 Å². The van der Waals surface area contributed by atoms with Crippen LogP contribution in [-0.2, 0) is 14.3 Å². The van der Waals surface area contributed by atoms with E-state index in [1.54, 1.807) is 18.2 Å². The Morgan fingerprint density at radius 1 is 1.33 bits per heavy atom. The second-order valence-electron chi connectivity index (χ2n) is 5.19. The van der Waals surface area contributed by atoms with Crippen molar-refractivity contribution in [2.75, 3.05) is 40.0 Å². The van der Waals surface area contributed by atoms with E-state index in [-0.39, 0.29) is 12.5 Å². The number of esters is 1. The summed E-state index contributed by atoms with van der Waals surface area (Å²) in [6.07, 6.45) is 1.50. The molecule has 130 valence electrons. The lowest BCUT2D eigenvalue weighted by atomic mass is 10.2. The monoisotopic (exact) mass is 335 g/mol. The number of carbonyl (C=O) groups is 2. The first kappa shape index (κ1) is 17.9. The van der Waals surface area contributed by atoms with Crippen molar-refractivity contribution in [2.45, 2.75) is 6.92 Å². The Balaban J connectivity index is 1.88. The van der Waals surface area contributed by atoms with Crippen LogP contribution in [0.25, 0.3) is 0 Å². The summed E-state index contributed by atoms with van der Waals surface area (Å²) >= 11 is 0. The maximum atomic E-state index is 11.8. The first-order valence-electron chi connectivity index (χ1n) is 7.57. The molecular weight excluding hydrogens is 314 g/mol. The smallest absolute Gasteiger partial charge is 0.308 e. The molecule has 1 aromatic rings. The number of benzene rings is 1. The third-order valence-corrected chi connectivity index (χ3v) is 3.32. The third-order valence-electron chi connectivity index (χ3n) is 3.32. The summed E-state index contributed by atoms with van der Waals surface area (Å²) in [5.41, 5.74) is 3.19. The lowest BCUT2D eigenvalue weighted by Gasteiger charge is -2.25. The lowest BCUT2D eigenvalue weighted by molar-refractivity contribution is -0.132. The maximum Gasteiger partial charge on any atom is 0.308 e. The minimum Gasteiger partial charge on any atom is -0.493 e. The van der Waals surface area contributed by atoms with E-state index in [2.05, 4.69) is 10.5 Å². The molecule has 0 aromatic heterocycles. The van der Waals surface area contributed by atoms with Crippen LogP contribution in [0.15, 0.2) is 23.3 Å². The van der Waals surface area contributed by atoms with Gasteiger partial charge in [-0.2, -0.15) is 5.10 Å². The number of methoxy groups -OCH3 is 1. The summed E-state index contributed by atoms with van der Waals surface area (Å²) < 4.78 is 15.4. The van der Waals surface area contributed by atoms with Crippen LogP contribution in [0.3, 0.4) is 0 Å². The molecule has 0 unspecified atom stereocenters. The average molecular weight is 335 g/mol. The van der Waals surface area contributed by atoms with Gasteiger partial charge in [0.1, 0.15) is 0 Å². The van der Waals surface area contributed by atoms with Crippen molar-refractivity contribution in [3.8, 4) is 11.5 Å². The SMILES string of the molecule is COc1cc(/C=N\NC(=O)CN2CCOCC2)ccc1OC(C)=O. The Morgan fingerprint density at radius 2 is 2.08 bits per heavy atom. The molecule has 2 rings (SSSR count). The number of rotatable bonds is 6. The highest BCUT2D eigenvalue weighted by atomic mass is 16.6. The van der Waals surface area contributed by atoms with Gasteiger partial charge in [0.05, 0.1) is 33.1 Å². The van der Waals surface area contributed by atoms with E-state index in [0.717, 1.165) is 13.1 Å². The van der Waals surface area contributed by atoms with Crippen molar-refractivity contribution in [3.05, 3.63) is 23.8 Å². The van der Waals surface area contributed by atoms with Crippen LogP contribution >= 0.6 is 0 Å². The first-order valence-corrected chi connectivity index (χ1v) is 7.57. The largest absolute Gasteiger partial charge is 0.493 e. The topological polar surface area (TPSA) is 89.5 Å². The molecule has 0 aliphatic carbocycles. The molecule has 24 heavy (non-hydrogen) atoms. The van der Waals surface area contributed by atoms with Crippen LogP contribution in [0.1, 0.15) is 12.5 Å². The fraction of sp³-hybridized carbons (Fsp3) is 0.438. The van der Waals surface area contributed by atoms with Gasteiger partial charge in [0, 0.05) is 20.0 Å². The van der Waals surface area contributed by atoms with Crippen molar-refractivity contribution in [3.63, 3.8) is 0 Å². The van der Waals surface area contributed by atoms with Gasteiger partial charge in [-0.05, 0) is 23.8 Å². The number of hydrazone groups is 1. The first-order chi connectivity index (χ1) is 11.6. The zero-order valence-electron chi connectivity index (χ0n) is 13.8. The van der Waals surface area contributed by atoms with Crippen molar-refractivity contribution >= 4 is 18.1 Å². The van der Waals surface area contributed by atoms with Gasteiger partial charge in [0.2, 0.25) is 0 Å². The van der Waals surface area contributed by atoms with Crippen LogP contribution in [0.5, 0.6) is 11.5 Å². The minimum absolute atomic E-state index is 0.184. The van der Waals surface area contributed by atoms with Gasteiger partial charge < -0.3 is 14.2 Å². The van der Waals surface area contributed by atoms with E-state index in [1.807, 2.05) is 4.90 Å². The Morgan fingerprint density at radius 3 is 2.75 bits per heavy atom. The molecule has 1 fully saturated rings. The zero-order valence-corrected chi connectivity index (χ0v) is 13.8. The Hall–Kier alpha value is -2.45. The predicted octanol–water partition coefficient (Wildman–Crippen LogP) is 0.403. The van der Waals surface area contributed by atoms with Gasteiger partial charge in [-0.25, -0.2) is 5.43 Å². The number of nitrogens with zero attached hydrogens (tertiary/aromatic N) is 2. The number of ether oxygens (including phenoxy) is 3. The zero-order chi connectivity index (χ0) is 17.4. The van der Waals surface area contributed by atoms with Crippen LogP contribution in [0.4, 0.5) is 0 Å². The van der Waals surface area contributed by atoms with Gasteiger partial charge in [-0.15, -0.1) is 0 Å². The average Bonchev–Trinajstić information content (AvgIpc) is 2.56.